The van der Waals surface area contributed by atoms with Gasteiger partial charge in [-0.1, -0.05) is 37.4 Å². The number of amides is 2. The zero-order valence-corrected chi connectivity index (χ0v) is 23.7. The molecule has 0 radical (unpaired) electrons. The monoisotopic (exact) mass is 504 g/mol. The standard InChI is InChI=1S/C18H24N2O8S2.2Na/c1-3-17(21)19(8-10-29(23,24)25)13-15-6-5-7-16(12-15)14-20(18(22)4-2)9-11-30(26,27)28;;/h3-7,12H,1-2,8-11,13-14H2,(H,23,24,25)(H,26,27,28);;/q;2*+1/p-2. The van der Waals surface area contributed by atoms with Gasteiger partial charge in [-0.25, -0.2) is 16.8 Å². The number of nitrogens with zero attached hydrogens (tertiary/aromatic N) is 2. The van der Waals surface area contributed by atoms with E-state index in [1.165, 1.54) is 0 Å². The third-order valence-electron chi connectivity index (χ3n) is 3.93. The zero-order chi connectivity index (χ0) is 22.9. The number of carbonyl (C=O) groups is 2. The van der Waals surface area contributed by atoms with Crippen molar-refractivity contribution >= 4 is 32.1 Å². The average Bonchev–Trinajstić information content (AvgIpc) is 2.66. The van der Waals surface area contributed by atoms with Gasteiger partial charge in [0.25, 0.3) is 0 Å². The van der Waals surface area contributed by atoms with Crippen molar-refractivity contribution in [2.75, 3.05) is 24.6 Å². The Bertz CT molecular complexity index is 936. The molecule has 1 aromatic carbocycles. The second kappa shape index (κ2) is 15.4. The molecule has 0 bridgehead atoms. The Labute approximate surface area is 232 Å². The van der Waals surface area contributed by atoms with Crippen LogP contribution in [-0.4, -0.2) is 72.2 Å². The summed E-state index contributed by atoms with van der Waals surface area (Å²) in [4.78, 5) is 26.2. The number of hydrogen-bond donors (Lipinski definition) is 0. The normalized spacial score (nSPS) is 10.8. The summed E-state index contributed by atoms with van der Waals surface area (Å²) in [5, 5.41) is 0. The van der Waals surface area contributed by atoms with Crippen molar-refractivity contribution in [3.63, 3.8) is 0 Å². The van der Waals surface area contributed by atoms with Gasteiger partial charge in [0.15, 0.2) is 0 Å². The molecule has 1 rings (SSSR count). The van der Waals surface area contributed by atoms with Crippen LogP contribution in [0.15, 0.2) is 49.6 Å². The van der Waals surface area contributed by atoms with Gasteiger partial charge in [-0.3, -0.25) is 9.59 Å². The zero-order valence-electron chi connectivity index (χ0n) is 18.1. The van der Waals surface area contributed by atoms with Crippen LogP contribution in [0.4, 0.5) is 0 Å². The summed E-state index contributed by atoms with van der Waals surface area (Å²) in [6.45, 7) is 6.03. The van der Waals surface area contributed by atoms with Crippen molar-refractivity contribution < 1.29 is 94.6 Å². The van der Waals surface area contributed by atoms with Gasteiger partial charge in [0, 0.05) is 26.2 Å². The molecule has 0 aromatic heterocycles. The topological polar surface area (TPSA) is 155 Å². The Balaban J connectivity index is 0. The van der Waals surface area contributed by atoms with E-state index in [9.17, 15) is 35.5 Å². The Morgan fingerprint density at radius 1 is 0.812 bits per heavy atom. The minimum absolute atomic E-state index is 0. The second-order valence-electron chi connectivity index (χ2n) is 6.27. The maximum atomic E-state index is 12.0. The van der Waals surface area contributed by atoms with Crippen molar-refractivity contribution in [3.8, 4) is 0 Å². The molecule has 0 spiro atoms. The summed E-state index contributed by atoms with van der Waals surface area (Å²) in [6.07, 6.45) is 1.99. The third kappa shape index (κ3) is 13.9. The molecule has 14 heteroatoms. The smallest absolute Gasteiger partial charge is 0.748 e. The molecule has 0 saturated carbocycles. The summed E-state index contributed by atoms with van der Waals surface area (Å²) in [6, 6.07) is 6.57. The maximum absolute atomic E-state index is 12.0. The van der Waals surface area contributed by atoms with Crippen LogP contribution in [0.5, 0.6) is 0 Å². The van der Waals surface area contributed by atoms with Crippen LogP contribution >= 0.6 is 0 Å². The van der Waals surface area contributed by atoms with Gasteiger partial charge in [0.1, 0.15) is 0 Å². The van der Waals surface area contributed by atoms with E-state index >= 15 is 0 Å². The van der Waals surface area contributed by atoms with E-state index in [0.29, 0.717) is 11.1 Å². The SMILES string of the molecule is C=CC(=O)N(CCS(=O)(=O)[O-])Cc1cccc(CN(CCS(=O)(=O)[O-])C(=O)C=C)c1.[Na+].[Na+]. The van der Waals surface area contributed by atoms with E-state index in [2.05, 4.69) is 13.2 Å². The first-order valence-electron chi connectivity index (χ1n) is 8.62. The molecular weight excluding hydrogens is 482 g/mol. The summed E-state index contributed by atoms with van der Waals surface area (Å²) < 4.78 is 65.2. The molecule has 1 aromatic rings. The molecule has 0 fully saturated rings. The molecule has 0 atom stereocenters. The molecule has 0 N–H and O–H groups in total. The number of carbonyl (C=O) groups excluding carboxylic acids is 2. The van der Waals surface area contributed by atoms with E-state index in [1.807, 2.05) is 0 Å². The van der Waals surface area contributed by atoms with Crippen LogP contribution in [0, 0.1) is 0 Å². The minimum atomic E-state index is -4.51. The van der Waals surface area contributed by atoms with Gasteiger partial charge < -0.3 is 18.9 Å². The van der Waals surface area contributed by atoms with E-state index in [0.717, 1.165) is 22.0 Å². The van der Waals surface area contributed by atoms with Crippen molar-refractivity contribution in [1.29, 1.82) is 0 Å². The fraction of sp³-hybridized carbons (Fsp3) is 0.333. The Morgan fingerprint density at radius 3 is 1.44 bits per heavy atom. The van der Waals surface area contributed by atoms with E-state index < -0.39 is 43.6 Å². The fourth-order valence-corrected chi connectivity index (χ4v) is 3.39. The Hall–Kier alpha value is -0.540. The predicted molar refractivity (Wildman–Crippen MR) is 107 cm³/mol. The van der Waals surface area contributed by atoms with Gasteiger partial charge in [0.05, 0.1) is 31.7 Å². The number of hydrogen-bond acceptors (Lipinski definition) is 8. The first-order valence-corrected chi connectivity index (χ1v) is 11.8. The summed E-state index contributed by atoms with van der Waals surface area (Å²) in [5.41, 5.74) is 1.15. The van der Waals surface area contributed by atoms with Gasteiger partial charge in [-0.2, -0.15) is 0 Å². The molecule has 0 aliphatic heterocycles. The molecule has 0 saturated heterocycles. The van der Waals surface area contributed by atoms with Gasteiger partial charge in [-0.05, 0) is 23.3 Å². The summed E-state index contributed by atoms with van der Waals surface area (Å²) >= 11 is 0. The molecule has 32 heavy (non-hydrogen) atoms. The van der Waals surface area contributed by atoms with Crippen LogP contribution in [0.1, 0.15) is 11.1 Å². The van der Waals surface area contributed by atoms with E-state index in [4.69, 9.17) is 0 Å². The molecule has 166 valence electrons. The van der Waals surface area contributed by atoms with E-state index in [-0.39, 0.29) is 85.3 Å². The van der Waals surface area contributed by atoms with Gasteiger partial charge in [-0.15, -0.1) is 0 Å². The maximum Gasteiger partial charge on any atom is 1.00 e. The minimum Gasteiger partial charge on any atom is -0.748 e. The van der Waals surface area contributed by atoms with Crippen molar-refractivity contribution in [2.24, 2.45) is 0 Å². The molecule has 0 aliphatic carbocycles. The second-order valence-corrected chi connectivity index (χ2v) is 9.32. The number of benzene rings is 1. The molecular formula is C18H22N2Na2O8S2. The summed E-state index contributed by atoms with van der Waals surface area (Å²) in [7, 11) is -9.03. The first-order chi connectivity index (χ1) is 13.8. The van der Waals surface area contributed by atoms with Gasteiger partial charge in [0.2, 0.25) is 11.8 Å². The third-order valence-corrected chi connectivity index (χ3v) is 5.30. The van der Waals surface area contributed by atoms with Crippen molar-refractivity contribution in [1.82, 2.24) is 9.80 Å². The quantitative estimate of drug-likeness (QED) is 0.155. The van der Waals surface area contributed by atoms with Crippen LogP contribution in [-0.2, 0) is 42.9 Å². The molecule has 0 heterocycles. The Morgan fingerprint density at radius 2 is 1.16 bits per heavy atom. The Kier molecular flexibility index (Phi) is 16.2. The molecule has 0 aliphatic rings. The molecule has 0 unspecified atom stereocenters. The largest absolute Gasteiger partial charge is 1.00 e. The van der Waals surface area contributed by atoms with Crippen LogP contribution < -0.4 is 59.1 Å². The van der Waals surface area contributed by atoms with Crippen LogP contribution in [0.3, 0.4) is 0 Å². The molecule has 2 amide bonds. The number of rotatable bonds is 12. The first kappa shape index (κ1) is 33.6. The fourth-order valence-electron chi connectivity index (χ4n) is 2.50. The van der Waals surface area contributed by atoms with E-state index in [1.54, 1.807) is 24.3 Å². The molecule has 10 nitrogen and oxygen atoms in total. The van der Waals surface area contributed by atoms with Crippen molar-refractivity contribution in [2.45, 2.75) is 13.1 Å². The predicted octanol–water partition coefficient (Wildman–Crippen LogP) is -6.19. The van der Waals surface area contributed by atoms with Gasteiger partial charge >= 0.3 is 59.1 Å². The average molecular weight is 504 g/mol. The summed E-state index contributed by atoms with van der Waals surface area (Å²) in [5.74, 6) is -2.63. The van der Waals surface area contributed by atoms with Crippen molar-refractivity contribution in [3.05, 3.63) is 60.7 Å². The van der Waals surface area contributed by atoms with Crippen LogP contribution in [0.2, 0.25) is 0 Å². The van der Waals surface area contributed by atoms with Crippen LogP contribution in [0.25, 0.3) is 0 Å².